The number of anilines is 2. The zero-order chi connectivity index (χ0) is 11.8. The zero-order valence-electron chi connectivity index (χ0n) is 9.59. The molecule has 1 aliphatic rings. The Morgan fingerprint density at radius 2 is 1.82 bits per heavy atom. The van der Waals surface area contributed by atoms with Gasteiger partial charge in [0, 0.05) is 24.0 Å². The molecule has 3 N–H and O–H groups in total. The van der Waals surface area contributed by atoms with Gasteiger partial charge in [-0.25, -0.2) is 4.98 Å². The molecule has 0 amide bonds. The van der Waals surface area contributed by atoms with Crippen LogP contribution < -0.4 is 11.1 Å². The molecule has 2 atom stereocenters. The topological polar surface area (TPSA) is 63.8 Å². The molecule has 0 saturated carbocycles. The third kappa shape index (κ3) is 1.62. The minimum atomic E-state index is 0.230. The predicted molar refractivity (Wildman–Crippen MR) is 67.7 cm³/mol. The number of benzene rings is 1. The molecule has 1 aromatic carbocycles. The molecule has 0 radical (unpaired) electrons. The third-order valence-electron chi connectivity index (χ3n) is 3.25. The number of hydrogen-bond acceptors (Lipinski definition) is 4. The van der Waals surface area contributed by atoms with E-state index in [-0.39, 0.29) is 6.04 Å². The summed E-state index contributed by atoms with van der Waals surface area (Å²) in [6.45, 7) is 2.16. The van der Waals surface area contributed by atoms with E-state index in [1.54, 1.807) is 12.4 Å². The first-order chi connectivity index (χ1) is 8.25. The number of nitrogen functional groups attached to an aromatic ring is 1. The third-order valence-corrected chi connectivity index (χ3v) is 3.25. The van der Waals surface area contributed by atoms with E-state index in [9.17, 15) is 0 Å². The molecular weight excluding hydrogens is 212 g/mol. The maximum absolute atomic E-state index is 5.70. The van der Waals surface area contributed by atoms with Gasteiger partial charge in [-0.3, -0.25) is 4.98 Å². The van der Waals surface area contributed by atoms with Gasteiger partial charge < -0.3 is 11.1 Å². The number of aromatic nitrogens is 2. The molecule has 2 heterocycles. The monoisotopic (exact) mass is 226 g/mol. The average Bonchev–Trinajstić information content (AvgIpc) is 2.69. The van der Waals surface area contributed by atoms with E-state index in [1.807, 2.05) is 12.1 Å². The first-order valence-electron chi connectivity index (χ1n) is 5.68. The van der Waals surface area contributed by atoms with E-state index in [1.165, 1.54) is 5.56 Å². The number of hydrogen-bond donors (Lipinski definition) is 2. The van der Waals surface area contributed by atoms with E-state index >= 15 is 0 Å². The predicted octanol–water partition coefficient (Wildman–Crippen LogP) is 2.33. The zero-order valence-corrected chi connectivity index (χ0v) is 9.59. The molecule has 0 aliphatic carbocycles. The van der Waals surface area contributed by atoms with E-state index in [4.69, 9.17) is 5.73 Å². The Morgan fingerprint density at radius 3 is 2.53 bits per heavy atom. The van der Waals surface area contributed by atoms with Crippen molar-refractivity contribution < 1.29 is 0 Å². The van der Waals surface area contributed by atoms with Gasteiger partial charge in [-0.05, 0) is 17.7 Å². The molecular formula is C13H14N4. The number of nitrogens with zero attached hydrogens (tertiary/aromatic N) is 2. The summed E-state index contributed by atoms with van der Waals surface area (Å²) >= 11 is 0. The van der Waals surface area contributed by atoms with Crippen molar-refractivity contribution in [3.63, 3.8) is 0 Å². The van der Waals surface area contributed by atoms with Crippen LogP contribution in [0.5, 0.6) is 0 Å². The van der Waals surface area contributed by atoms with Crippen LogP contribution in [0, 0.1) is 0 Å². The molecule has 0 fully saturated rings. The number of rotatable bonds is 1. The van der Waals surface area contributed by atoms with Gasteiger partial charge in [-0.15, -0.1) is 0 Å². The standard InChI is InChI=1S/C13H14N4/c1-8-11(9-2-4-10(14)5-3-9)17-13-12(8)15-6-7-16-13/h2-8,11H,14H2,1H3,(H,16,17). The van der Waals surface area contributed by atoms with Crippen molar-refractivity contribution in [1.29, 1.82) is 0 Å². The Labute approximate surface area is 99.9 Å². The summed E-state index contributed by atoms with van der Waals surface area (Å²) in [4.78, 5) is 8.69. The van der Waals surface area contributed by atoms with Crippen LogP contribution in [0.2, 0.25) is 0 Å². The van der Waals surface area contributed by atoms with Crippen molar-refractivity contribution in [3.05, 3.63) is 47.9 Å². The van der Waals surface area contributed by atoms with Crippen LogP contribution >= 0.6 is 0 Å². The Hall–Kier alpha value is -2.10. The van der Waals surface area contributed by atoms with Gasteiger partial charge in [0.1, 0.15) is 5.82 Å². The van der Waals surface area contributed by atoms with Crippen LogP contribution in [0.25, 0.3) is 0 Å². The van der Waals surface area contributed by atoms with Gasteiger partial charge in [0.2, 0.25) is 0 Å². The largest absolute Gasteiger partial charge is 0.399 e. The smallest absolute Gasteiger partial charge is 0.148 e. The van der Waals surface area contributed by atoms with Crippen LogP contribution in [-0.2, 0) is 0 Å². The van der Waals surface area contributed by atoms with Gasteiger partial charge in [-0.2, -0.15) is 0 Å². The van der Waals surface area contributed by atoms with Gasteiger partial charge in [0.15, 0.2) is 0 Å². The maximum Gasteiger partial charge on any atom is 0.148 e. The Bertz CT molecular complexity index is 535. The lowest BCUT2D eigenvalue weighted by molar-refractivity contribution is 0.662. The molecule has 1 aromatic heterocycles. The lowest BCUT2D eigenvalue weighted by atomic mass is 9.95. The molecule has 4 heteroatoms. The molecule has 86 valence electrons. The first-order valence-corrected chi connectivity index (χ1v) is 5.68. The Kier molecular flexibility index (Phi) is 2.21. The van der Waals surface area contributed by atoms with E-state index in [2.05, 4.69) is 34.3 Å². The van der Waals surface area contributed by atoms with Gasteiger partial charge in [0.05, 0.1) is 11.7 Å². The summed E-state index contributed by atoms with van der Waals surface area (Å²) in [6, 6.07) is 8.18. The summed E-state index contributed by atoms with van der Waals surface area (Å²) in [5, 5.41) is 3.41. The van der Waals surface area contributed by atoms with E-state index in [0.29, 0.717) is 5.92 Å². The van der Waals surface area contributed by atoms with Crippen molar-refractivity contribution in [2.45, 2.75) is 18.9 Å². The van der Waals surface area contributed by atoms with Crippen LogP contribution in [0.4, 0.5) is 11.5 Å². The lowest BCUT2D eigenvalue weighted by Crippen LogP contribution is -2.09. The summed E-state index contributed by atoms with van der Waals surface area (Å²) in [5.41, 5.74) is 8.74. The molecule has 1 aliphatic heterocycles. The minimum absolute atomic E-state index is 0.230. The highest BCUT2D eigenvalue weighted by Gasteiger charge is 2.31. The molecule has 0 bridgehead atoms. The van der Waals surface area contributed by atoms with Crippen LogP contribution in [0.1, 0.15) is 30.1 Å². The minimum Gasteiger partial charge on any atom is -0.399 e. The number of fused-ring (bicyclic) bond motifs is 1. The fourth-order valence-electron chi connectivity index (χ4n) is 2.30. The lowest BCUT2D eigenvalue weighted by Gasteiger charge is -2.16. The number of nitrogens with one attached hydrogen (secondary N) is 1. The second-order valence-electron chi connectivity index (χ2n) is 4.37. The molecule has 0 spiro atoms. The van der Waals surface area contributed by atoms with Crippen molar-refractivity contribution in [2.24, 2.45) is 0 Å². The SMILES string of the molecule is CC1c2nccnc2NC1c1ccc(N)cc1. The van der Waals surface area contributed by atoms with Crippen LogP contribution in [0.15, 0.2) is 36.7 Å². The number of nitrogens with two attached hydrogens (primary N) is 1. The second-order valence-corrected chi connectivity index (χ2v) is 4.37. The summed E-state index contributed by atoms with van der Waals surface area (Å²) < 4.78 is 0. The van der Waals surface area contributed by atoms with Crippen LogP contribution in [0.3, 0.4) is 0 Å². The van der Waals surface area contributed by atoms with Crippen molar-refractivity contribution in [3.8, 4) is 0 Å². The second kappa shape index (κ2) is 3.73. The van der Waals surface area contributed by atoms with E-state index < -0.39 is 0 Å². The first kappa shape index (κ1) is 10.1. The molecule has 2 aromatic rings. The maximum atomic E-state index is 5.70. The van der Waals surface area contributed by atoms with Crippen molar-refractivity contribution in [1.82, 2.24) is 9.97 Å². The quantitative estimate of drug-likeness (QED) is 0.732. The Morgan fingerprint density at radius 1 is 1.12 bits per heavy atom. The summed E-state index contributed by atoms with van der Waals surface area (Å²) in [5.74, 6) is 1.21. The highest BCUT2D eigenvalue weighted by Crippen LogP contribution is 2.41. The van der Waals surface area contributed by atoms with Crippen molar-refractivity contribution >= 4 is 11.5 Å². The van der Waals surface area contributed by atoms with Crippen LogP contribution in [-0.4, -0.2) is 9.97 Å². The molecule has 4 nitrogen and oxygen atoms in total. The molecule has 0 saturated heterocycles. The highest BCUT2D eigenvalue weighted by molar-refractivity contribution is 5.53. The fraction of sp³-hybridized carbons (Fsp3) is 0.231. The van der Waals surface area contributed by atoms with Gasteiger partial charge >= 0.3 is 0 Å². The normalized spacial score (nSPS) is 21.9. The van der Waals surface area contributed by atoms with Crippen molar-refractivity contribution in [2.75, 3.05) is 11.1 Å². The Balaban J connectivity index is 1.96. The average molecular weight is 226 g/mol. The van der Waals surface area contributed by atoms with Gasteiger partial charge in [-0.1, -0.05) is 19.1 Å². The van der Waals surface area contributed by atoms with Gasteiger partial charge in [0.25, 0.3) is 0 Å². The summed E-state index contributed by atoms with van der Waals surface area (Å²) in [6.07, 6.45) is 3.45. The molecule has 3 rings (SSSR count). The summed E-state index contributed by atoms with van der Waals surface area (Å²) in [7, 11) is 0. The molecule has 2 unspecified atom stereocenters. The van der Waals surface area contributed by atoms with E-state index in [0.717, 1.165) is 17.2 Å². The fourth-order valence-corrected chi connectivity index (χ4v) is 2.30. The molecule has 17 heavy (non-hydrogen) atoms. The highest BCUT2D eigenvalue weighted by atomic mass is 15.1.